The molecule has 21 heavy (non-hydrogen) atoms. The van der Waals surface area contributed by atoms with Crippen molar-refractivity contribution in [1.82, 2.24) is 5.32 Å². The lowest BCUT2D eigenvalue weighted by molar-refractivity contribution is -0.127. The first-order valence-corrected chi connectivity index (χ1v) is 8.21. The van der Waals surface area contributed by atoms with Gasteiger partial charge in [0.2, 0.25) is 0 Å². The second-order valence-electron chi connectivity index (χ2n) is 4.94. The third kappa shape index (κ3) is 4.13. The molecule has 5 nitrogen and oxygen atoms in total. The van der Waals surface area contributed by atoms with E-state index >= 15 is 0 Å². The average Bonchev–Trinajstić information content (AvgIpc) is 2.73. The van der Waals surface area contributed by atoms with Crippen molar-refractivity contribution in [1.29, 1.82) is 0 Å². The van der Waals surface area contributed by atoms with Crippen LogP contribution in [0.15, 0.2) is 18.2 Å². The van der Waals surface area contributed by atoms with E-state index in [-0.39, 0.29) is 17.3 Å². The van der Waals surface area contributed by atoms with Crippen molar-refractivity contribution >= 4 is 15.7 Å². The first-order chi connectivity index (χ1) is 9.77. The monoisotopic (exact) mass is 319 g/mol. The predicted octanol–water partition coefficient (Wildman–Crippen LogP) is 1.04. The second kappa shape index (κ2) is 5.97. The Hall–Kier alpha value is -1.70. The molecule has 1 saturated heterocycles. The minimum Gasteiger partial charge on any atom is -0.481 e. The van der Waals surface area contributed by atoms with Crippen LogP contribution in [-0.2, 0) is 14.6 Å². The molecule has 0 saturated carbocycles. The van der Waals surface area contributed by atoms with Gasteiger partial charge in [0.1, 0.15) is 5.75 Å². The molecule has 116 valence electrons. The van der Waals surface area contributed by atoms with Crippen LogP contribution >= 0.6 is 0 Å². The maximum atomic E-state index is 13.0. The molecular formula is C13H15F2NO4S. The van der Waals surface area contributed by atoms with Gasteiger partial charge in [0, 0.05) is 12.1 Å². The number of hydrogen-bond donors (Lipinski definition) is 1. The molecule has 2 rings (SSSR count). The summed E-state index contributed by atoms with van der Waals surface area (Å²) in [4.78, 5) is 11.9. The molecule has 1 aromatic carbocycles. The van der Waals surface area contributed by atoms with Crippen LogP contribution in [0.2, 0.25) is 0 Å². The summed E-state index contributed by atoms with van der Waals surface area (Å²) < 4.78 is 53.6. The molecular weight excluding hydrogens is 304 g/mol. The van der Waals surface area contributed by atoms with Crippen LogP contribution in [0.4, 0.5) is 8.78 Å². The smallest absolute Gasteiger partial charge is 0.261 e. The number of hydrogen-bond acceptors (Lipinski definition) is 4. The molecule has 2 unspecified atom stereocenters. The summed E-state index contributed by atoms with van der Waals surface area (Å²) in [6.45, 7) is 1.44. The van der Waals surface area contributed by atoms with Crippen molar-refractivity contribution in [2.75, 3.05) is 11.5 Å². The van der Waals surface area contributed by atoms with E-state index in [1.807, 2.05) is 0 Å². The summed E-state index contributed by atoms with van der Waals surface area (Å²) in [5, 5.41) is 2.57. The quantitative estimate of drug-likeness (QED) is 0.900. The highest BCUT2D eigenvalue weighted by Crippen LogP contribution is 2.17. The van der Waals surface area contributed by atoms with Gasteiger partial charge >= 0.3 is 0 Å². The van der Waals surface area contributed by atoms with Crippen LogP contribution in [0, 0.1) is 11.6 Å². The van der Waals surface area contributed by atoms with E-state index in [1.165, 1.54) is 13.0 Å². The molecule has 1 N–H and O–H groups in total. The highest BCUT2D eigenvalue weighted by atomic mass is 32.2. The van der Waals surface area contributed by atoms with Crippen LogP contribution < -0.4 is 10.1 Å². The van der Waals surface area contributed by atoms with Crippen LogP contribution in [0.25, 0.3) is 0 Å². The Morgan fingerprint density at radius 1 is 1.38 bits per heavy atom. The van der Waals surface area contributed by atoms with E-state index in [9.17, 15) is 22.0 Å². The molecule has 1 fully saturated rings. The van der Waals surface area contributed by atoms with E-state index in [2.05, 4.69) is 5.32 Å². The zero-order valence-corrected chi connectivity index (χ0v) is 12.1. The summed E-state index contributed by atoms with van der Waals surface area (Å²) in [5.41, 5.74) is 0. The van der Waals surface area contributed by atoms with Gasteiger partial charge in [-0.25, -0.2) is 17.2 Å². The number of benzene rings is 1. The highest BCUT2D eigenvalue weighted by molar-refractivity contribution is 7.91. The maximum absolute atomic E-state index is 13.0. The standard InChI is InChI=1S/C13H15F2NO4S/c1-8(20-10-2-3-11(14)12(15)6-10)13(17)16-9-4-5-21(18,19)7-9/h2-3,6,8-9H,4-5,7H2,1H3,(H,16,17). The first-order valence-electron chi connectivity index (χ1n) is 6.39. The van der Waals surface area contributed by atoms with E-state index in [1.54, 1.807) is 0 Å². The van der Waals surface area contributed by atoms with Crippen molar-refractivity contribution in [2.45, 2.75) is 25.5 Å². The SMILES string of the molecule is CC(Oc1ccc(F)c(F)c1)C(=O)NC1CCS(=O)(=O)C1. The third-order valence-electron chi connectivity index (χ3n) is 3.15. The molecule has 0 spiro atoms. The first kappa shape index (κ1) is 15.7. The van der Waals surface area contributed by atoms with Gasteiger partial charge in [-0.2, -0.15) is 0 Å². The molecule has 0 radical (unpaired) electrons. The fraction of sp³-hybridized carbons (Fsp3) is 0.462. The second-order valence-corrected chi connectivity index (χ2v) is 7.17. The molecule has 1 amide bonds. The van der Waals surface area contributed by atoms with Crippen molar-refractivity contribution < 1.29 is 26.7 Å². The lowest BCUT2D eigenvalue weighted by Crippen LogP contribution is -2.43. The Balaban J connectivity index is 1.92. The molecule has 0 aromatic heterocycles. The fourth-order valence-corrected chi connectivity index (χ4v) is 3.71. The highest BCUT2D eigenvalue weighted by Gasteiger charge is 2.30. The number of rotatable bonds is 4. The Morgan fingerprint density at radius 2 is 2.10 bits per heavy atom. The molecule has 1 aliphatic rings. The molecule has 0 bridgehead atoms. The summed E-state index contributed by atoms with van der Waals surface area (Å²) in [5.74, 6) is -2.58. The minimum absolute atomic E-state index is 0.0237. The number of sulfone groups is 1. The average molecular weight is 319 g/mol. The number of amides is 1. The lowest BCUT2D eigenvalue weighted by Gasteiger charge is -2.17. The van der Waals surface area contributed by atoms with Crippen LogP contribution in [-0.4, -0.2) is 38.0 Å². The van der Waals surface area contributed by atoms with Crippen LogP contribution in [0.1, 0.15) is 13.3 Å². The van der Waals surface area contributed by atoms with E-state index < -0.39 is 39.5 Å². The fourth-order valence-electron chi connectivity index (χ4n) is 2.04. The van der Waals surface area contributed by atoms with Crippen molar-refractivity contribution in [3.63, 3.8) is 0 Å². The number of nitrogens with one attached hydrogen (secondary N) is 1. The van der Waals surface area contributed by atoms with Crippen molar-refractivity contribution in [3.05, 3.63) is 29.8 Å². The summed E-state index contributed by atoms with van der Waals surface area (Å²) in [7, 11) is -3.08. The van der Waals surface area contributed by atoms with Crippen molar-refractivity contribution in [2.24, 2.45) is 0 Å². The Bertz CT molecular complexity index is 648. The molecule has 8 heteroatoms. The molecule has 1 aliphatic heterocycles. The zero-order chi connectivity index (χ0) is 15.6. The zero-order valence-electron chi connectivity index (χ0n) is 11.3. The number of halogens is 2. The van der Waals surface area contributed by atoms with Gasteiger partial charge < -0.3 is 10.1 Å². The van der Waals surface area contributed by atoms with Crippen molar-refractivity contribution in [3.8, 4) is 5.75 Å². The summed E-state index contributed by atoms with van der Waals surface area (Å²) in [6, 6.07) is 2.53. The van der Waals surface area contributed by atoms with Crippen LogP contribution in [0.5, 0.6) is 5.75 Å². The molecule has 1 heterocycles. The minimum atomic E-state index is -3.08. The van der Waals surface area contributed by atoms with Gasteiger partial charge in [-0.05, 0) is 25.5 Å². The Morgan fingerprint density at radius 3 is 2.67 bits per heavy atom. The number of carbonyl (C=O) groups excluding carboxylic acids is 1. The molecule has 2 atom stereocenters. The third-order valence-corrected chi connectivity index (χ3v) is 4.92. The van der Waals surface area contributed by atoms with Crippen LogP contribution in [0.3, 0.4) is 0 Å². The maximum Gasteiger partial charge on any atom is 0.261 e. The lowest BCUT2D eigenvalue weighted by atomic mass is 10.2. The Labute approximate surface area is 121 Å². The van der Waals surface area contributed by atoms with E-state index in [0.717, 1.165) is 12.1 Å². The van der Waals surface area contributed by atoms with Gasteiger partial charge in [0.25, 0.3) is 5.91 Å². The largest absolute Gasteiger partial charge is 0.481 e. The normalized spacial score (nSPS) is 21.8. The van der Waals surface area contributed by atoms with E-state index in [4.69, 9.17) is 4.74 Å². The number of carbonyl (C=O) groups is 1. The van der Waals surface area contributed by atoms with Gasteiger partial charge in [0.15, 0.2) is 27.6 Å². The molecule has 1 aromatic rings. The van der Waals surface area contributed by atoms with Gasteiger partial charge in [-0.3, -0.25) is 4.79 Å². The van der Waals surface area contributed by atoms with Gasteiger partial charge in [-0.15, -0.1) is 0 Å². The number of ether oxygens (including phenoxy) is 1. The Kier molecular flexibility index (Phi) is 4.46. The van der Waals surface area contributed by atoms with Gasteiger partial charge in [-0.1, -0.05) is 0 Å². The summed E-state index contributed by atoms with van der Waals surface area (Å²) in [6.07, 6.45) is -0.579. The summed E-state index contributed by atoms with van der Waals surface area (Å²) >= 11 is 0. The van der Waals surface area contributed by atoms with Gasteiger partial charge in [0.05, 0.1) is 11.5 Å². The predicted molar refractivity (Wildman–Crippen MR) is 71.6 cm³/mol. The molecule has 0 aliphatic carbocycles. The van der Waals surface area contributed by atoms with E-state index in [0.29, 0.717) is 6.42 Å². The topological polar surface area (TPSA) is 72.5 Å².